The molecule has 11 heteroatoms. The van der Waals surface area contributed by atoms with E-state index in [2.05, 4.69) is 4.52 Å². The summed E-state index contributed by atoms with van der Waals surface area (Å²) < 4.78 is 14.1. The number of hydrogen-bond acceptors (Lipinski definition) is 6. The van der Waals surface area contributed by atoms with Gasteiger partial charge in [0.05, 0.1) is 0 Å². The molecule has 0 bridgehead atoms. The summed E-state index contributed by atoms with van der Waals surface area (Å²) in [6.07, 6.45) is 0. The first-order valence-electron chi connectivity index (χ1n) is 3.41. The Morgan fingerprint density at radius 1 is 1.18 bits per heavy atom. The summed E-state index contributed by atoms with van der Waals surface area (Å²) >= 11 is 0. The second-order valence-electron chi connectivity index (χ2n) is 2.09. The van der Waals surface area contributed by atoms with Crippen molar-refractivity contribution in [1.82, 2.24) is 0 Å². The second-order valence-corrected chi connectivity index (χ2v) is 3.17. The van der Waals surface area contributed by atoms with E-state index in [9.17, 15) is 14.4 Å². The van der Waals surface area contributed by atoms with Crippen molar-refractivity contribution in [1.29, 1.82) is 0 Å². The third-order valence-electron chi connectivity index (χ3n) is 0.960. The standard InChI is InChI=1S/C6H7O4P.HNO3.2Na/c7-11(8,9)10-6-4-2-1-3-5-6;2-1(3)4;;/h1-5H,(H2,7,8,9);(H,2,3,4);;/q;;2*+1/p-2. The summed E-state index contributed by atoms with van der Waals surface area (Å²) in [6.45, 7) is 0. The Balaban J connectivity index is -0.000000289. The van der Waals surface area contributed by atoms with Crippen LogP contribution in [0.3, 0.4) is 0 Å². The monoisotopic (exact) mass is 281 g/mol. The summed E-state index contributed by atoms with van der Waals surface area (Å²) in [7, 11) is -4.89. The van der Waals surface area contributed by atoms with Crippen molar-refractivity contribution in [2.75, 3.05) is 0 Å². The molecular formula is C6H6NNa2O7P. The molecule has 8 nitrogen and oxygen atoms in total. The average molecular weight is 281 g/mol. The Labute approximate surface area is 141 Å². The van der Waals surface area contributed by atoms with Gasteiger partial charge in [0.15, 0.2) is 0 Å². The van der Waals surface area contributed by atoms with E-state index in [1.165, 1.54) is 12.1 Å². The summed E-state index contributed by atoms with van der Waals surface area (Å²) in [6, 6.07) is 7.62. The molecule has 1 aromatic carbocycles. The van der Waals surface area contributed by atoms with E-state index < -0.39 is 12.9 Å². The minimum atomic E-state index is -4.89. The van der Waals surface area contributed by atoms with Gasteiger partial charge in [0, 0.05) is 0 Å². The molecule has 0 aliphatic heterocycles. The maximum absolute atomic E-state index is 10.1. The van der Waals surface area contributed by atoms with Crippen molar-refractivity contribution in [3.05, 3.63) is 40.4 Å². The molecule has 0 atom stereocenters. The molecule has 0 spiro atoms. The molecule has 0 saturated carbocycles. The van der Waals surface area contributed by atoms with Crippen LogP contribution in [0.1, 0.15) is 0 Å². The van der Waals surface area contributed by atoms with E-state index >= 15 is 0 Å². The fraction of sp³-hybridized carbons (Fsp3) is 0. The zero-order valence-electron chi connectivity index (χ0n) is 9.18. The number of rotatable bonds is 2. The van der Waals surface area contributed by atoms with E-state index in [4.69, 9.17) is 15.3 Å². The first-order chi connectivity index (χ1) is 6.81. The predicted molar refractivity (Wildman–Crippen MR) is 43.5 cm³/mol. The van der Waals surface area contributed by atoms with Crippen LogP contribution in [-0.4, -0.2) is 10.3 Å². The predicted octanol–water partition coefficient (Wildman–Crippen LogP) is -6.45. The third-order valence-corrected chi connectivity index (χ3v) is 1.39. The molecule has 0 aromatic heterocycles. The van der Waals surface area contributed by atoms with E-state index in [1.54, 1.807) is 18.2 Å². The molecule has 0 amide bonds. The van der Waals surface area contributed by atoms with Crippen LogP contribution >= 0.6 is 7.82 Å². The molecule has 17 heavy (non-hydrogen) atoms. The maximum atomic E-state index is 10.1. The minimum Gasteiger partial charge on any atom is -0.780 e. The van der Waals surface area contributed by atoms with Gasteiger partial charge in [0.2, 0.25) is 0 Å². The second kappa shape index (κ2) is 11.5. The van der Waals surface area contributed by atoms with Crippen molar-refractivity contribution < 1.29 is 88.3 Å². The number of phosphoric acid groups is 1. The zero-order chi connectivity index (χ0) is 11.9. The molecular weight excluding hydrogens is 275 g/mol. The molecule has 0 aliphatic carbocycles. The van der Waals surface area contributed by atoms with Crippen molar-refractivity contribution in [3.8, 4) is 5.75 Å². The normalized spacial score (nSPS) is 8.59. The Morgan fingerprint density at radius 2 is 1.53 bits per heavy atom. The van der Waals surface area contributed by atoms with Crippen molar-refractivity contribution >= 4 is 7.82 Å². The van der Waals surface area contributed by atoms with E-state index in [0.717, 1.165) is 0 Å². The Hall–Kier alpha value is 0.370. The van der Waals surface area contributed by atoms with E-state index in [0.29, 0.717) is 0 Å². The number of benzene rings is 1. The Bertz CT molecular complexity index is 353. The van der Waals surface area contributed by atoms with Gasteiger partial charge in [-0.1, -0.05) is 18.2 Å². The van der Waals surface area contributed by atoms with Crippen molar-refractivity contribution in [2.24, 2.45) is 0 Å². The van der Waals surface area contributed by atoms with Gasteiger partial charge in [-0.2, -0.15) is 0 Å². The fourth-order valence-corrected chi connectivity index (χ4v) is 0.990. The van der Waals surface area contributed by atoms with Crippen molar-refractivity contribution in [2.45, 2.75) is 0 Å². The van der Waals surface area contributed by atoms with Gasteiger partial charge in [-0.25, -0.2) is 0 Å². The molecule has 0 fully saturated rings. The molecule has 0 aliphatic rings. The molecule has 0 radical (unpaired) electrons. The molecule has 0 heterocycles. The van der Waals surface area contributed by atoms with E-state index in [1.807, 2.05) is 0 Å². The van der Waals surface area contributed by atoms with Crippen LogP contribution in [-0.2, 0) is 4.57 Å². The molecule has 1 rings (SSSR count). The molecule has 0 unspecified atom stereocenters. The number of nitrogens with zero attached hydrogens (tertiary/aromatic N) is 1. The fourth-order valence-electron chi connectivity index (χ4n) is 0.610. The van der Waals surface area contributed by atoms with Gasteiger partial charge in [0.25, 0.3) is 5.09 Å². The number of phosphoric ester groups is 1. The number of para-hydroxylation sites is 1. The summed E-state index contributed by atoms with van der Waals surface area (Å²) in [5.74, 6) is 0.0424. The van der Waals surface area contributed by atoms with Gasteiger partial charge in [-0.05, 0) is 12.1 Å². The largest absolute Gasteiger partial charge is 1.00 e. The van der Waals surface area contributed by atoms with Gasteiger partial charge in [0.1, 0.15) is 13.6 Å². The van der Waals surface area contributed by atoms with E-state index in [-0.39, 0.29) is 64.9 Å². The van der Waals surface area contributed by atoms with Crippen LogP contribution in [0.4, 0.5) is 0 Å². The third kappa shape index (κ3) is 18.9. The Morgan fingerprint density at radius 3 is 1.82 bits per heavy atom. The first kappa shape index (κ1) is 22.5. The first-order valence-corrected chi connectivity index (χ1v) is 4.87. The van der Waals surface area contributed by atoms with Crippen LogP contribution in [0.2, 0.25) is 0 Å². The minimum absolute atomic E-state index is 0. The zero-order valence-corrected chi connectivity index (χ0v) is 14.1. The average Bonchev–Trinajstić information content (AvgIpc) is 2.01. The van der Waals surface area contributed by atoms with Crippen LogP contribution < -0.4 is 73.4 Å². The van der Waals surface area contributed by atoms with Gasteiger partial charge in [-0.3, -0.25) is 0 Å². The Kier molecular flexibility index (Phi) is 15.2. The molecule has 1 N–H and O–H groups in total. The van der Waals surface area contributed by atoms with Crippen molar-refractivity contribution in [3.63, 3.8) is 0 Å². The molecule has 1 aromatic rings. The SMILES string of the molecule is O=P([O-])([O-])Oc1ccccc1.O=[N+]([O-])O.[Na+].[Na+]. The van der Waals surface area contributed by atoms with Gasteiger partial charge in [-0.15, -0.1) is 10.1 Å². The molecule has 0 saturated heterocycles. The van der Waals surface area contributed by atoms with Gasteiger partial charge < -0.3 is 24.1 Å². The van der Waals surface area contributed by atoms with Crippen LogP contribution in [0.25, 0.3) is 0 Å². The summed E-state index contributed by atoms with van der Waals surface area (Å²) in [4.78, 5) is 28.5. The van der Waals surface area contributed by atoms with Crippen LogP contribution in [0, 0.1) is 10.1 Å². The number of hydrogen-bond donors (Lipinski definition) is 1. The topological polar surface area (TPSA) is 136 Å². The van der Waals surface area contributed by atoms with Crippen LogP contribution in [0.15, 0.2) is 30.3 Å². The van der Waals surface area contributed by atoms with Crippen LogP contribution in [0.5, 0.6) is 5.75 Å². The summed E-state index contributed by atoms with van der Waals surface area (Å²) in [5, 5.41) is 13.6. The molecule has 84 valence electrons. The quantitative estimate of drug-likeness (QED) is 0.246. The smallest absolute Gasteiger partial charge is 0.780 e. The van der Waals surface area contributed by atoms with Gasteiger partial charge >= 0.3 is 59.1 Å². The summed E-state index contributed by atoms with van der Waals surface area (Å²) in [5.41, 5.74) is 0. The maximum Gasteiger partial charge on any atom is 1.00 e.